The highest BCUT2D eigenvalue weighted by molar-refractivity contribution is 6.04. The number of hydrogen-bond acceptors (Lipinski definition) is 3. The average Bonchev–Trinajstić information content (AvgIpc) is 2.62. The number of rotatable bonds is 6. The summed E-state index contributed by atoms with van der Waals surface area (Å²) in [5, 5.41) is 11.6. The molecule has 1 amide bonds. The van der Waals surface area contributed by atoms with Crippen molar-refractivity contribution in [2.24, 2.45) is 27.2 Å². The summed E-state index contributed by atoms with van der Waals surface area (Å²) in [6, 6.07) is 12.9. The van der Waals surface area contributed by atoms with Crippen molar-refractivity contribution in [3.8, 4) is 0 Å². The fraction of sp³-hybridized carbons (Fsp3) is 0.111. The Morgan fingerprint density at radius 3 is 2.07 bits per heavy atom. The summed E-state index contributed by atoms with van der Waals surface area (Å²) in [5.74, 6) is -1.45. The molecule has 0 fully saturated rings. The number of aromatic carboxylic acids is 1. The van der Waals surface area contributed by atoms with Gasteiger partial charge < -0.3 is 27.6 Å². The SMILES string of the molecule is NC(N)=NC(N)=NCCc1ccc(C(=O)Nc2ccc(C(=O)O)cc2)cc1. The molecule has 0 saturated carbocycles. The quantitative estimate of drug-likeness (QED) is 0.372. The highest BCUT2D eigenvalue weighted by Gasteiger charge is 2.07. The second kappa shape index (κ2) is 8.99. The standard InChI is InChI=1S/C18H20N6O3/c19-17(20)24-18(21)22-10-9-11-1-3-12(4-2-11)15(25)23-14-7-5-13(6-8-14)16(26)27/h1-8H,9-10H2,(H,23,25)(H,26,27)(H6,19,20,21,22,24). The van der Waals surface area contributed by atoms with Crippen molar-refractivity contribution in [2.75, 3.05) is 11.9 Å². The lowest BCUT2D eigenvalue weighted by Crippen LogP contribution is -2.26. The fourth-order valence-corrected chi connectivity index (χ4v) is 2.19. The highest BCUT2D eigenvalue weighted by Crippen LogP contribution is 2.12. The minimum absolute atomic E-state index is 0.0138. The third kappa shape index (κ3) is 6.16. The predicted octanol–water partition coefficient (Wildman–Crippen LogP) is 0.768. The number of nitrogens with one attached hydrogen (secondary N) is 1. The maximum atomic E-state index is 12.2. The van der Waals surface area contributed by atoms with Gasteiger partial charge in [0.15, 0.2) is 5.96 Å². The van der Waals surface area contributed by atoms with Crippen molar-refractivity contribution in [3.05, 3.63) is 65.2 Å². The summed E-state index contributed by atoms with van der Waals surface area (Å²) < 4.78 is 0. The van der Waals surface area contributed by atoms with Crippen LogP contribution >= 0.6 is 0 Å². The maximum absolute atomic E-state index is 12.2. The molecular formula is C18H20N6O3. The summed E-state index contributed by atoms with van der Waals surface area (Å²) >= 11 is 0. The van der Waals surface area contributed by atoms with E-state index in [-0.39, 0.29) is 23.4 Å². The Kier molecular flexibility index (Phi) is 6.48. The molecule has 0 atom stereocenters. The first-order valence-electron chi connectivity index (χ1n) is 7.98. The molecule has 2 aromatic rings. The summed E-state index contributed by atoms with van der Waals surface area (Å²) in [6.07, 6.45) is 0.610. The summed E-state index contributed by atoms with van der Waals surface area (Å²) in [6.45, 7) is 0.407. The molecule has 0 radical (unpaired) electrons. The number of amides is 1. The van der Waals surface area contributed by atoms with Crippen molar-refractivity contribution >= 4 is 29.5 Å². The van der Waals surface area contributed by atoms with Crippen molar-refractivity contribution in [2.45, 2.75) is 6.42 Å². The van der Waals surface area contributed by atoms with Crippen LogP contribution in [0.25, 0.3) is 0 Å². The fourth-order valence-electron chi connectivity index (χ4n) is 2.19. The lowest BCUT2D eigenvalue weighted by molar-refractivity contribution is 0.0696. The third-order valence-corrected chi connectivity index (χ3v) is 3.52. The van der Waals surface area contributed by atoms with Gasteiger partial charge >= 0.3 is 5.97 Å². The van der Waals surface area contributed by atoms with E-state index in [1.807, 2.05) is 12.1 Å². The molecule has 2 rings (SSSR count). The van der Waals surface area contributed by atoms with Gasteiger partial charge in [0.1, 0.15) is 0 Å². The highest BCUT2D eigenvalue weighted by atomic mass is 16.4. The molecule has 0 spiro atoms. The number of hydrogen-bond donors (Lipinski definition) is 5. The predicted molar refractivity (Wildman–Crippen MR) is 104 cm³/mol. The van der Waals surface area contributed by atoms with E-state index in [2.05, 4.69) is 15.3 Å². The van der Waals surface area contributed by atoms with Crippen molar-refractivity contribution in [1.82, 2.24) is 0 Å². The van der Waals surface area contributed by atoms with Crippen LogP contribution in [0, 0.1) is 0 Å². The number of anilines is 1. The van der Waals surface area contributed by atoms with Gasteiger partial charge in [0, 0.05) is 17.8 Å². The van der Waals surface area contributed by atoms with Crippen LogP contribution in [0.15, 0.2) is 58.5 Å². The Bertz CT molecular complexity index is 869. The van der Waals surface area contributed by atoms with Crippen LogP contribution in [0.4, 0.5) is 5.69 Å². The van der Waals surface area contributed by atoms with E-state index in [9.17, 15) is 9.59 Å². The van der Waals surface area contributed by atoms with Gasteiger partial charge in [-0.25, -0.2) is 4.79 Å². The molecule has 9 heteroatoms. The Balaban J connectivity index is 1.93. The van der Waals surface area contributed by atoms with Crippen LogP contribution in [0.1, 0.15) is 26.3 Å². The third-order valence-electron chi connectivity index (χ3n) is 3.52. The lowest BCUT2D eigenvalue weighted by Gasteiger charge is -2.06. The molecule has 27 heavy (non-hydrogen) atoms. The topological polar surface area (TPSA) is 169 Å². The van der Waals surface area contributed by atoms with E-state index in [4.69, 9.17) is 22.3 Å². The molecule has 0 aliphatic heterocycles. The molecular weight excluding hydrogens is 348 g/mol. The van der Waals surface area contributed by atoms with Gasteiger partial charge in [-0.2, -0.15) is 4.99 Å². The Morgan fingerprint density at radius 2 is 1.52 bits per heavy atom. The number of carboxylic acids is 1. The zero-order valence-electron chi connectivity index (χ0n) is 14.4. The average molecular weight is 368 g/mol. The van der Waals surface area contributed by atoms with Gasteiger partial charge in [-0.05, 0) is 48.4 Å². The van der Waals surface area contributed by atoms with Crippen LogP contribution in [-0.4, -0.2) is 35.4 Å². The Labute approximate surface area is 155 Å². The molecule has 9 nitrogen and oxygen atoms in total. The van der Waals surface area contributed by atoms with E-state index < -0.39 is 5.97 Å². The van der Waals surface area contributed by atoms with Gasteiger partial charge in [-0.15, -0.1) is 0 Å². The molecule has 0 aliphatic carbocycles. The minimum atomic E-state index is -1.02. The largest absolute Gasteiger partial charge is 0.478 e. The number of nitrogens with zero attached hydrogens (tertiary/aromatic N) is 2. The lowest BCUT2D eigenvalue weighted by atomic mass is 10.1. The normalized spacial score (nSPS) is 10.9. The van der Waals surface area contributed by atoms with Gasteiger partial charge in [0.2, 0.25) is 5.96 Å². The first-order valence-corrected chi connectivity index (χ1v) is 7.98. The number of nitrogens with two attached hydrogens (primary N) is 3. The summed E-state index contributed by atoms with van der Waals surface area (Å²) in [4.78, 5) is 30.7. The van der Waals surface area contributed by atoms with Crippen LogP contribution in [0.3, 0.4) is 0 Å². The van der Waals surface area contributed by atoms with Gasteiger partial charge in [0.05, 0.1) is 5.56 Å². The van der Waals surface area contributed by atoms with Crippen LogP contribution in [-0.2, 0) is 6.42 Å². The van der Waals surface area contributed by atoms with E-state index in [1.54, 1.807) is 12.1 Å². The molecule has 0 bridgehead atoms. The van der Waals surface area contributed by atoms with Crippen molar-refractivity contribution in [3.63, 3.8) is 0 Å². The molecule has 0 aliphatic rings. The zero-order valence-corrected chi connectivity index (χ0v) is 14.4. The summed E-state index contributed by atoms with van der Waals surface area (Å²) in [5.41, 5.74) is 18.0. The monoisotopic (exact) mass is 368 g/mol. The van der Waals surface area contributed by atoms with Crippen molar-refractivity contribution in [1.29, 1.82) is 0 Å². The Hall–Kier alpha value is -3.88. The number of guanidine groups is 2. The molecule has 2 aromatic carbocycles. The van der Waals surface area contributed by atoms with Gasteiger partial charge in [-0.1, -0.05) is 12.1 Å². The van der Waals surface area contributed by atoms with Crippen LogP contribution in [0.5, 0.6) is 0 Å². The van der Waals surface area contributed by atoms with Crippen molar-refractivity contribution < 1.29 is 14.7 Å². The molecule has 0 unspecified atom stereocenters. The maximum Gasteiger partial charge on any atom is 0.335 e. The van der Waals surface area contributed by atoms with Crippen LogP contribution in [0.2, 0.25) is 0 Å². The number of carbonyl (C=O) groups is 2. The number of carbonyl (C=O) groups excluding carboxylic acids is 1. The van der Waals surface area contributed by atoms with E-state index in [1.165, 1.54) is 24.3 Å². The Morgan fingerprint density at radius 1 is 0.926 bits per heavy atom. The number of carboxylic acid groups (broad SMARTS) is 1. The second-order valence-electron chi connectivity index (χ2n) is 5.56. The van der Waals surface area contributed by atoms with Gasteiger partial charge in [-0.3, -0.25) is 9.79 Å². The molecule has 0 saturated heterocycles. The van der Waals surface area contributed by atoms with E-state index >= 15 is 0 Å². The smallest absolute Gasteiger partial charge is 0.335 e. The van der Waals surface area contributed by atoms with E-state index in [0.29, 0.717) is 24.2 Å². The van der Waals surface area contributed by atoms with Crippen LogP contribution < -0.4 is 22.5 Å². The summed E-state index contributed by atoms with van der Waals surface area (Å²) in [7, 11) is 0. The first-order chi connectivity index (χ1) is 12.8. The minimum Gasteiger partial charge on any atom is -0.478 e. The first kappa shape index (κ1) is 19.4. The molecule has 140 valence electrons. The number of aliphatic imine (C=N–C) groups is 2. The number of benzene rings is 2. The van der Waals surface area contributed by atoms with E-state index in [0.717, 1.165) is 5.56 Å². The second-order valence-corrected chi connectivity index (χ2v) is 5.56. The zero-order chi connectivity index (χ0) is 19.8. The molecule has 0 aromatic heterocycles. The van der Waals surface area contributed by atoms with Gasteiger partial charge in [0.25, 0.3) is 5.91 Å². The molecule has 0 heterocycles. The molecule has 8 N–H and O–H groups in total.